The van der Waals surface area contributed by atoms with Gasteiger partial charge in [0, 0.05) is 50.3 Å². The number of anilines is 6. The fraction of sp³-hybridized carbons (Fsp3) is 0.0130. The molecular formula is C77H51N3. The smallest absolute Gasteiger partial charge is 0.0726 e. The predicted molar refractivity (Wildman–Crippen MR) is 335 cm³/mol. The van der Waals surface area contributed by atoms with Crippen molar-refractivity contribution in [2.45, 2.75) is 5.41 Å². The highest BCUT2D eigenvalue weighted by Gasteiger charge is 2.51. The third-order valence-electron chi connectivity index (χ3n) is 16.7. The maximum atomic E-state index is 10.0. The fourth-order valence-electron chi connectivity index (χ4n) is 13.3. The molecule has 80 heavy (non-hydrogen) atoms. The molecule has 0 unspecified atom stereocenters. The van der Waals surface area contributed by atoms with E-state index in [1.54, 1.807) is 0 Å². The van der Waals surface area contributed by atoms with Gasteiger partial charge in [0.25, 0.3) is 0 Å². The first-order valence-electron chi connectivity index (χ1n) is 29.3. The minimum Gasteiger partial charge on any atom is -0.310 e. The molecule has 0 saturated carbocycles. The Morgan fingerprint density at radius 2 is 0.762 bits per heavy atom. The van der Waals surface area contributed by atoms with Crippen LogP contribution in [0.2, 0.25) is 0 Å². The molecule has 16 rings (SSSR count). The molecule has 0 aliphatic heterocycles. The molecule has 3 nitrogen and oxygen atoms in total. The molecule has 2 aliphatic rings. The number of aromatic nitrogens is 1. The topological polar surface area (TPSA) is 11.4 Å². The summed E-state index contributed by atoms with van der Waals surface area (Å²) < 4.78 is 42.4. The second-order valence-corrected chi connectivity index (χ2v) is 20.8. The van der Waals surface area contributed by atoms with Gasteiger partial charge in [-0.05, 0) is 157 Å². The lowest BCUT2D eigenvalue weighted by Crippen LogP contribution is -2.26. The third kappa shape index (κ3) is 6.94. The van der Waals surface area contributed by atoms with Crippen molar-refractivity contribution in [1.29, 1.82) is 0 Å². The van der Waals surface area contributed by atoms with Crippen LogP contribution < -0.4 is 9.80 Å². The van der Waals surface area contributed by atoms with Crippen LogP contribution in [0, 0.1) is 0 Å². The highest BCUT2D eigenvalue weighted by Crippen LogP contribution is 2.63. The molecule has 0 atom stereocenters. The molecule has 14 aromatic rings. The molecule has 3 heteroatoms. The Morgan fingerprint density at radius 1 is 0.275 bits per heavy atom. The van der Waals surface area contributed by atoms with Crippen molar-refractivity contribution in [2.75, 3.05) is 9.80 Å². The third-order valence-corrected chi connectivity index (χ3v) is 16.7. The Morgan fingerprint density at radius 3 is 1.46 bits per heavy atom. The molecule has 0 bridgehead atoms. The highest BCUT2D eigenvalue weighted by atomic mass is 15.2. The number of hydrogen-bond acceptors (Lipinski definition) is 2. The van der Waals surface area contributed by atoms with Crippen LogP contribution >= 0.6 is 0 Å². The van der Waals surface area contributed by atoms with Crippen LogP contribution in [-0.4, -0.2) is 4.57 Å². The first kappa shape index (κ1) is 41.7. The van der Waals surface area contributed by atoms with Crippen molar-refractivity contribution in [3.05, 3.63) is 332 Å². The van der Waals surface area contributed by atoms with Gasteiger partial charge in [0.1, 0.15) is 0 Å². The molecule has 1 heterocycles. The Kier molecular flexibility index (Phi) is 9.55. The Balaban J connectivity index is 0.879. The molecule has 13 aromatic carbocycles. The lowest BCUT2D eigenvalue weighted by Gasteiger charge is -2.32. The summed E-state index contributed by atoms with van der Waals surface area (Å²) in [6.07, 6.45) is 0. The van der Waals surface area contributed by atoms with Gasteiger partial charge >= 0.3 is 0 Å². The maximum absolute atomic E-state index is 10.0. The number of rotatable bonds is 9. The van der Waals surface area contributed by atoms with Crippen LogP contribution in [0.4, 0.5) is 34.1 Å². The van der Waals surface area contributed by atoms with E-state index in [1.807, 2.05) is 89.8 Å². The average molecular weight is 1020 g/mol. The van der Waals surface area contributed by atoms with Crippen molar-refractivity contribution in [1.82, 2.24) is 4.57 Å². The SMILES string of the molecule is [2H]c1c([2H])c(N(c2ccccc2)c2ccc3c4ccccc4n(-c4ccccc4)c3c2)c([2H])c([2H])c1-c1cccc2c(N(c3ccc(-c4ccccc4)cc3)c3ccc4c(c3)C3(c5ccccc5-c5ccccc53)c3ccccc3-4)cccc12. The summed E-state index contributed by atoms with van der Waals surface area (Å²) in [4.78, 5) is 4.22. The van der Waals surface area contributed by atoms with E-state index in [9.17, 15) is 5.48 Å². The van der Waals surface area contributed by atoms with E-state index >= 15 is 0 Å². The van der Waals surface area contributed by atoms with E-state index in [-0.39, 0.29) is 35.4 Å². The van der Waals surface area contributed by atoms with Crippen molar-refractivity contribution >= 4 is 66.7 Å². The summed E-state index contributed by atoms with van der Waals surface area (Å²) in [5.74, 6) is 0. The van der Waals surface area contributed by atoms with Crippen molar-refractivity contribution in [3.63, 3.8) is 0 Å². The van der Waals surface area contributed by atoms with Crippen molar-refractivity contribution < 1.29 is 5.48 Å². The molecule has 0 fully saturated rings. The molecular weight excluding hydrogens is 967 g/mol. The van der Waals surface area contributed by atoms with Crippen LogP contribution in [0.25, 0.3) is 82.8 Å². The first-order chi connectivity index (χ1) is 41.4. The molecule has 0 amide bonds. The molecule has 0 radical (unpaired) electrons. The second-order valence-electron chi connectivity index (χ2n) is 20.8. The number of benzene rings is 13. The second kappa shape index (κ2) is 18.3. The van der Waals surface area contributed by atoms with Crippen LogP contribution in [0.1, 0.15) is 27.7 Å². The molecule has 1 spiro atoms. The zero-order valence-electron chi connectivity index (χ0n) is 47.5. The standard InChI is InChI=1S/C77H51N3/c1-4-20-52(21-5-1)53-38-42-58(43-39-53)79(59-46-48-66-65-28-12-16-35-72(65)77(73(66)50-59)70-33-14-10-26-63(70)64-27-11-15-34-71(64)77)74-37-19-31-62-61(30-18-32-67(62)74)54-40-44-57(45-41-54)78(55-22-6-2-7-23-55)60-47-49-69-68-29-13-17-36-75(68)80(76(69)51-60)56-24-8-3-9-25-56/h1-51H/i40D,41D,44D,45D. The normalized spacial score (nSPS) is 13.3. The quantitative estimate of drug-likeness (QED) is 0.143. The molecule has 0 saturated heterocycles. The van der Waals surface area contributed by atoms with Gasteiger partial charge in [-0.1, -0.05) is 224 Å². The van der Waals surface area contributed by atoms with Gasteiger partial charge in [-0.15, -0.1) is 0 Å². The maximum Gasteiger partial charge on any atom is 0.0726 e. The van der Waals surface area contributed by atoms with Gasteiger partial charge in [0.05, 0.1) is 27.6 Å². The zero-order chi connectivity index (χ0) is 56.2. The molecule has 0 N–H and O–H groups in total. The van der Waals surface area contributed by atoms with Gasteiger partial charge in [0.15, 0.2) is 0 Å². The van der Waals surface area contributed by atoms with Gasteiger partial charge in [-0.3, -0.25) is 0 Å². The van der Waals surface area contributed by atoms with Crippen LogP contribution in [0.5, 0.6) is 0 Å². The summed E-state index contributed by atoms with van der Waals surface area (Å²) in [5.41, 5.74) is 19.9. The van der Waals surface area contributed by atoms with E-state index in [1.165, 1.54) is 44.5 Å². The molecule has 374 valence electrons. The number of para-hydroxylation sites is 3. The van der Waals surface area contributed by atoms with Gasteiger partial charge in [-0.25, -0.2) is 0 Å². The summed E-state index contributed by atoms with van der Waals surface area (Å²) in [6, 6.07) is 99.2. The summed E-state index contributed by atoms with van der Waals surface area (Å²) in [5, 5.41) is 3.87. The average Bonchev–Trinajstić information content (AvgIpc) is 1.56. The first-order valence-corrected chi connectivity index (χ1v) is 27.3. The number of nitrogens with zero attached hydrogens (tertiary/aromatic N) is 3. The van der Waals surface area contributed by atoms with Gasteiger partial charge < -0.3 is 14.4 Å². The van der Waals surface area contributed by atoms with Crippen LogP contribution in [-0.2, 0) is 5.41 Å². The molecule has 2 aliphatic carbocycles. The Hall–Kier alpha value is -10.5. The van der Waals surface area contributed by atoms with Crippen LogP contribution in [0.15, 0.2) is 309 Å². The summed E-state index contributed by atoms with van der Waals surface area (Å²) in [7, 11) is 0. The monoisotopic (exact) mass is 1020 g/mol. The van der Waals surface area contributed by atoms with Gasteiger partial charge in [0.2, 0.25) is 0 Å². The lowest BCUT2D eigenvalue weighted by molar-refractivity contribution is 0.793. The van der Waals surface area contributed by atoms with E-state index in [0.29, 0.717) is 16.9 Å². The minimum atomic E-state index is -0.558. The van der Waals surface area contributed by atoms with Crippen molar-refractivity contribution in [2.24, 2.45) is 0 Å². The molecule has 1 aromatic heterocycles. The van der Waals surface area contributed by atoms with E-state index in [0.717, 1.165) is 66.5 Å². The Labute approximate surface area is 471 Å². The lowest BCUT2D eigenvalue weighted by atomic mass is 9.70. The largest absolute Gasteiger partial charge is 0.310 e. The minimum absolute atomic E-state index is 0.127. The van der Waals surface area contributed by atoms with Gasteiger partial charge in [-0.2, -0.15) is 0 Å². The van der Waals surface area contributed by atoms with E-state index < -0.39 is 5.41 Å². The predicted octanol–water partition coefficient (Wildman–Crippen LogP) is 20.6. The van der Waals surface area contributed by atoms with Crippen molar-refractivity contribution in [3.8, 4) is 50.2 Å². The Bertz CT molecular complexity index is 4870. The van der Waals surface area contributed by atoms with E-state index in [4.69, 9.17) is 0 Å². The van der Waals surface area contributed by atoms with Crippen LogP contribution in [0.3, 0.4) is 0 Å². The fourth-order valence-corrected chi connectivity index (χ4v) is 13.3. The highest BCUT2D eigenvalue weighted by molar-refractivity contribution is 6.11. The number of fused-ring (bicyclic) bond motifs is 14. The zero-order valence-corrected chi connectivity index (χ0v) is 43.5. The number of hydrogen-bond donors (Lipinski definition) is 0. The van der Waals surface area contributed by atoms with E-state index in [2.05, 4.69) is 210 Å². The summed E-state index contributed by atoms with van der Waals surface area (Å²) in [6.45, 7) is 0. The summed E-state index contributed by atoms with van der Waals surface area (Å²) >= 11 is 0.